The first kappa shape index (κ1) is 12.5. The number of aryl methyl sites for hydroxylation is 2. The molecule has 18 heavy (non-hydrogen) atoms. The second-order valence-corrected chi connectivity index (χ2v) is 4.28. The first-order chi connectivity index (χ1) is 8.61. The van der Waals surface area contributed by atoms with Crippen LogP contribution in [0.1, 0.15) is 23.9 Å². The lowest BCUT2D eigenvalue weighted by Gasteiger charge is -2.10. The highest BCUT2D eigenvalue weighted by Crippen LogP contribution is 2.26. The Balaban J connectivity index is 2.13. The van der Waals surface area contributed by atoms with Crippen molar-refractivity contribution < 1.29 is 9.84 Å². The van der Waals surface area contributed by atoms with Crippen LogP contribution in [0.2, 0.25) is 0 Å². The summed E-state index contributed by atoms with van der Waals surface area (Å²) in [5.41, 5.74) is 2.79. The number of aromatic nitrogens is 2. The number of hydrogen-bond acceptors (Lipinski definition) is 3. The Morgan fingerprint density at radius 2 is 2.11 bits per heavy atom. The second-order valence-electron chi connectivity index (χ2n) is 4.28. The van der Waals surface area contributed by atoms with Gasteiger partial charge >= 0.3 is 0 Å². The molecule has 0 saturated heterocycles. The van der Waals surface area contributed by atoms with Gasteiger partial charge in [-0.05, 0) is 39.0 Å². The number of phenols is 1. The molecule has 0 aliphatic rings. The van der Waals surface area contributed by atoms with E-state index in [1.54, 1.807) is 12.1 Å². The predicted octanol–water partition coefficient (Wildman–Crippen LogP) is 2.80. The summed E-state index contributed by atoms with van der Waals surface area (Å²) in [7, 11) is 0. The van der Waals surface area contributed by atoms with E-state index in [0.717, 1.165) is 23.5 Å². The van der Waals surface area contributed by atoms with E-state index in [9.17, 15) is 5.11 Å². The maximum absolute atomic E-state index is 9.60. The van der Waals surface area contributed by atoms with Crippen LogP contribution in [0.25, 0.3) is 0 Å². The monoisotopic (exact) mass is 246 g/mol. The minimum Gasteiger partial charge on any atom is -0.508 e. The van der Waals surface area contributed by atoms with Gasteiger partial charge in [0.25, 0.3) is 0 Å². The van der Waals surface area contributed by atoms with Crippen LogP contribution in [0.5, 0.6) is 11.5 Å². The molecule has 0 aliphatic carbocycles. The topological polar surface area (TPSA) is 47.3 Å². The summed E-state index contributed by atoms with van der Waals surface area (Å²) in [4.78, 5) is 0. The molecule has 1 heterocycles. The Morgan fingerprint density at radius 1 is 1.33 bits per heavy atom. The fourth-order valence-corrected chi connectivity index (χ4v) is 1.90. The minimum atomic E-state index is 0.257. The quantitative estimate of drug-likeness (QED) is 0.902. The van der Waals surface area contributed by atoms with Crippen molar-refractivity contribution >= 4 is 0 Å². The molecule has 1 N–H and O–H groups in total. The Labute approximate surface area is 107 Å². The molecule has 4 nitrogen and oxygen atoms in total. The van der Waals surface area contributed by atoms with Crippen molar-refractivity contribution in [3.05, 3.63) is 41.2 Å². The van der Waals surface area contributed by atoms with Gasteiger partial charge in [0.15, 0.2) is 0 Å². The van der Waals surface area contributed by atoms with Crippen LogP contribution >= 0.6 is 0 Å². The van der Waals surface area contributed by atoms with Crippen molar-refractivity contribution in [3.63, 3.8) is 0 Å². The van der Waals surface area contributed by atoms with Crippen LogP contribution in [0.15, 0.2) is 24.3 Å². The van der Waals surface area contributed by atoms with Crippen LogP contribution in [0.4, 0.5) is 0 Å². The molecule has 0 saturated carbocycles. The van der Waals surface area contributed by atoms with Crippen LogP contribution in [0.3, 0.4) is 0 Å². The van der Waals surface area contributed by atoms with Gasteiger partial charge in [-0.15, -0.1) is 0 Å². The van der Waals surface area contributed by atoms with Gasteiger partial charge in [-0.25, -0.2) is 0 Å². The Hall–Kier alpha value is -1.97. The molecule has 0 bridgehead atoms. The van der Waals surface area contributed by atoms with Crippen molar-refractivity contribution in [2.75, 3.05) is 0 Å². The Morgan fingerprint density at radius 3 is 2.83 bits per heavy atom. The number of benzene rings is 1. The molecular formula is C14H18N2O2. The fraction of sp³-hybridized carbons (Fsp3) is 0.357. The lowest BCUT2D eigenvalue weighted by atomic mass is 10.2. The van der Waals surface area contributed by atoms with Gasteiger partial charge in [-0.2, -0.15) is 5.10 Å². The van der Waals surface area contributed by atoms with E-state index < -0.39 is 0 Å². The van der Waals surface area contributed by atoms with E-state index in [1.807, 2.05) is 30.7 Å². The largest absolute Gasteiger partial charge is 0.508 e. The van der Waals surface area contributed by atoms with E-state index >= 15 is 0 Å². The lowest BCUT2D eigenvalue weighted by molar-refractivity contribution is 0.288. The highest BCUT2D eigenvalue weighted by Gasteiger charge is 2.07. The van der Waals surface area contributed by atoms with E-state index in [-0.39, 0.29) is 5.75 Å². The standard InChI is InChI=1S/C14H18N2O2/c1-4-16-12(8-10(2)15-16)9-18-14-7-5-6-13(17)11(14)3/h5-8,17H,4,9H2,1-3H3. The van der Waals surface area contributed by atoms with E-state index in [1.165, 1.54) is 0 Å². The fourth-order valence-electron chi connectivity index (χ4n) is 1.90. The molecule has 0 amide bonds. The molecule has 1 aromatic heterocycles. The molecule has 4 heteroatoms. The van der Waals surface area contributed by atoms with Gasteiger partial charge in [0.1, 0.15) is 18.1 Å². The molecule has 2 rings (SSSR count). The third kappa shape index (κ3) is 2.47. The third-order valence-corrected chi connectivity index (χ3v) is 2.92. The molecule has 0 spiro atoms. The van der Waals surface area contributed by atoms with Gasteiger partial charge in [0, 0.05) is 12.1 Å². The molecule has 0 atom stereocenters. The lowest BCUT2D eigenvalue weighted by Crippen LogP contribution is -2.06. The zero-order valence-corrected chi connectivity index (χ0v) is 11.0. The summed E-state index contributed by atoms with van der Waals surface area (Å²) in [6.45, 7) is 7.14. The highest BCUT2D eigenvalue weighted by molar-refractivity contribution is 5.42. The van der Waals surface area contributed by atoms with Crippen molar-refractivity contribution in [1.29, 1.82) is 0 Å². The zero-order valence-electron chi connectivity index (χ0n) is 11.0. The van der Waals surface area contributed by atoms with Crippen LogP contribution < -0.4 is 4.74 Å². The normalized spacial score (nSPS) is 10.6. The molecule has 0 fully saturated rings. The Bertz CT molecular complexity index is 547. The first-order valence-corrected chi connectivity index (χ1v) is 6.06. The van der Waals surface area contributed by atoms with Crippen LogP contribution in [0, 0.1) is 13.8 Å². The molecule has 0 radical (unpaired) electrons. The van der Waals surface area contributed by atoms with Gasteiger partial charge in [0.05, 0.1) is 11.4 Å². The van der Waals surface area contributed by atoms with Crippen molar-refractivity contribution in [3.8, 4) is 11.5 Å². The predicted molar refractivity (Wildman–Crippen MR) is 69.8 cm³/mol. The van der Waals surface area contributed by atoms with Gasteiger partial charge < -0.3 is 9.84 Å². The summed E-state index contributed by atoms with van der Waals surface area (Å²) >= 11 is 0. The van der Waals surface area contributed by atoms with Crippen molar-refractivity contribution in [2.45, 2.75) is 33.9 Å². The number of nitrogens with zero attached hydrogens (tertiary/aromatic N) is 2. The number of hydrogen-bond donors (Lipinski definition) is 1. The first-order valence-electron chi connectivity index (χ1n) is 6.06. The summed E-state index contributed by atoms with van der Waals surface area (Å²) < 4.78 is 7.66. The molecular weight excluding hydrogens is 228 g/mol. The van der Waals surface area contributed by atoms with Gasteiger partial charge in [-0.1, -0.05) is 6.07 Å². The summed E-state index contributed by atoms with van der Waals surface area (Å²) in [5, 5.41) is 14.0. The zero-order chi connectivity index (χ0) is 13.1. The molecule has 1 aromatic carbocycles. The number of phenolic OH excluding ortho intramolecular Hbond substituents is 1. The summed E-state index contributed by atoms with van der Waals surface area (Å²) in [5.74, 6) is 0.962. The number of aromatic hydroxyl groups is 1. The molecule has 0 aliphatic heterocycles. The molecule has 0 unspecified atom stereocenters. The highest BCUT2D eigenvalue weighted by atomic mass is 16.5. The van der Waals surface area contributed by atoms with Crippen LogP contribution in [-0.2, 0) is 13.2 Å². The van der Waals surface area contributed by atoms with Gasteiger partial charge in [-0.3, -0.25) is 4.68 Å². The number of rotatable bonds is 4. The van der Waals surface area contributed by atoms with E-state index in [2.05, 4.69) is 12.0 Å². The van der Waals surface area contributed by atoms with Crippen molar-refractivity contribution in [2.24, 2.45) is 0 Å². The maximum Gasteiger partial charge on any atom is 0.130 e. The molecule has 2 aromatic rings. The molecule has 96 valence electrons. The summed E-state index contributed by atoms with van der Waals surface area (Å²) in [6, 6.07) is 7.30. The van der Waals surface area contributed by atoms with Gasteiger partial charge in [0.2, 0.25) is 0 Å². The minimum absolute atomic E-state index is 0.257. The van der Waals surface area contributed by atoms with E-state index in [4.69, 9.17) is 4.74 Å². The Kier molecular flexibility index (Phi) is 3.55. The smallest absolute Gasteiger partial charge is 0.130 e. The van der Waals surface area contributed by atoms with E-state index in [0.29, 0.717) is 12.4 Å². The average Bonchev–Trinajstić information content (AvgIpc) is 2.71. The third-order valence-electron chi connectivity index (χ3n) is 2.92. The number of ether oxygens (including phenoxy) is 1. The average molecular weight is 246 g/mol. The van der Waals surface area contributed by atoms with Crippen LogP contribution in [-0.4, -0.2) is 14.9 Å². The second kappa shape index (κ2) is 5.12. The maximum atomic E-state index is 9.60. The van der Waals surface area contributed by atoms with Crippen molar-refractivity contribution in [1.82, 2.24) is 9.78 Å². The SMILES string of the molecule is CCn1nc(C)cc1COc1cccc(O)c1C. The summed E-state index contributed by atoms with van der Waals surface area (Å²) in [6.07, 6.45) is 0.